The summed E-state index contributed by atoms with van der Waals surface area (Å²) in [5.74, 6) is 2.31. The van der Waals surface area contributed by atoms with E-state index in [0.29, 0.717) is 23.9 Å². The number of anilines is 2. The number of piperidine rings is 1. The van der Waals surface area contributed by atoms with Crippen molar-refractivity contribution in [2.75, 3.05) is 36.0 Å². The van der Waals surface area contributed by atoms with Crippen molar-refractivity contribution in [3.05, 3.63) is 71.7 Å². The predicted molar refractivity (Wildman–Crippen MR) is 142 cm³/mol. The zero-order valence-electron chi connectivity index (χ0n) is 20.8. The lowest BCUT2D eigenvalue weighted by molar-refractivity contribution is 0.202. The van der Waals surface area contributed by atoms with Gasteiger partial charge in [-0.15, -0.1) is 0 Å². The second-order valence-corrected chi connectivity index (χ2v) is 10.7. The Kier molecular flexibility index (Phi) is 6.61. The molecule has 6 rings (SSSR count). The third kappa shape index (κ3) is 4.83. The molecule has 2 aromatic heterocycles. The van der Waals surface area contributed by atoms with Crippen LogP contribution in [0.5, 0.6) is 0 Å². The Labute approximate surface area is 213 Å². The van der Waals surface area contributed by atoms with Gasteiger partial charge in [0.2, 0.25) is 0 Å². The van der Waals surface area contributed by atoms with Crippen LogP contribution in [0.2, 0.25) is 0 Å². The average Bonchev–Trinajstić information content (AvgIpc) is 3.43. The molecule has 2 saturated heterocycles. The van der Waals surface area contributed by atoms with Crippen LogP contribution in [0.4, 0.5) is 11.5 Å². The number of H-pyrrole nitrogens is 1. The molecule has 7 heteroatoms. The van der Waals surface area contributed by atoms with E-state index in [-0.39, 0.29) is 0 Å². The Morgan fingerprint density at radius 1 is 0.972 bits per heavy atom. The highest BCUT2D eigenvalue weighted by Crippen LogP contribution is 2.35. The summed E-state index contributed by atoms with van der Waals surface area (Å²) in [4.78, 5) is 10.1. The van der Waals surface area contributed by atoms with Crippen LogP contribution in [0, 0.1) is 23.2 Å². The lowest BCUT2D eigenvalue weighted by Gasteiger charge is -2.50. The topological polar surface area (TPSA) is 83.9 Å². The Balaban J connectivity index is 1.28. The van der Waals surface area contributed by atoms with Gasteiger partial charge in [0.25, 0.3) is 0 Å². The van der Waals surface area contributed by atoms with Crippen LogP contribution in [0.15, 0.2) is 54.9 Å². The molecule has 4 unspecified atom stereocenters. The minimum Gasteiger partial charge on any atom is -0.371 e. The molecule has 2 N–H and O–H groups in total. The molecule has 2 aliphatic heterocycles. The predicted octanol–water partition coefficient (Wildman–Crippen LogP) is 4.13. The molecule has 0 radical (unpaired) electrons. The van der Waals surface area contributed by atoms with Gasteiger partial charge in [-0.25, -0.2) is 4.98 Å². The minimum atomic E-state index is 0.463. The summed E-state index contributed by atoms with van der Waals surface area (Å²) in [5, 5.41) is 20.4. The number of rotatable bonds is 4. The van der Waals surface area contributed by atoms with Crippen molar-refractivity contribution in [1.29, 1.82) is 5.26 Å². The van der Waals surface area contributed by atoms with E-state index >= 15 is 0 Å². The van der Waals surface area contributed by atoms with Gasteiger partial charge in [-0.3, -0.25) is 5.10 Å². The first-order valence-corrected chi connectivity index (χ1v) is 13.4. The fraction of sp³-hybridized carbons (Fsp3) is 0.483. The first-order chi connectivity index (χ1) is 17.8. The van der Waals surface area contributed by atoms with Crippen molar-refractivity contribution in [3.8, 4) is 6.07 Å². The lowest BCUT2D eigenvalue weighted by atomic mass is 9.80. The molecule has 1 saturated carbocycles. The van der Waals surface area contributed by atoms with Crippen molar-refractivity contribution in [2.45, 2.75) is 50.6 Å². The van der Waals surface area contributed by atoms with Gasteiger partial charge in [-0.1, -0.05) is 12.8 Å². The van der Waals surface area contributed by atoms with Crippen molar-refractivity contribution in [3.63, 3.8) is 0 Å². The average molecular weight is 482 g/mol. The second-order valence-electron chi connectivity index (χ2n) is 10.7. The molecule has 0 spiro atoms. The summed E-state index contributed by atoms with van der Waals surface area (Å²) in [6, 6.07) is 17.9. The summed E-state index contributed by atoms with van der Waals surface area (Å²) in [6.07, 6.45) is 11.0. The molecule has 3 aliphatic rings. The molecule has 3 fully saturated rings. The number of hydrogen-bond donors (Lipinski definition) is 2. The van der Waals surface area contributed by atoms with Crippen molar-refractivity contribution < 1.29 is 0 Å². The number of hydrogen-bond acceptors (Lipinski definition) is 6. The SMILES string of the molecule is N#Cc1ccc(N2CCC3C(CNC4CCCCC4CN3c3cc(Cc4ccn[nH]4)ccn3)C2)cc1. The molecule has 4 heterocycles. The molecule has 3 aromatic rings. The van der Waals surface area contributed by atoms with Gasteiger partial charge in [-0.2, -0.15) is 10.4 Å². The smallest absolute Gasteiger partial charge is 0.129 e. The molecule has 1 aromatic carbocycles. The summed E-state index contributed by atoms with van der Waals surface area (Å²) in [5.41, 5.74) is 4.34. The molecule has 0 bridgehead atoms. The number of aromatic amines is 1. The maximum atomic E-state index is 9.19. The number of aromatic nitrogens is 3. The molecular weight excluding hydrogens is 446 g/mol. The van der Waals surface area contributed by atoms with Crippen molar-refractivity contribution >= 4 is 11.5 Å². The van der Waals surface area contributed by atoms with Crippen molar-refractivity contribution in [2.24, 2.45) is 11.8 Å². The second kappa shape index (κ2) is 10.3. The van der Waals surface area contributed by atoms with Gasteiger partial charge in [-0.05, 0) is 73.2 Å². The third-order valence-electron chi connectivity index (χ3n) is 8.50. The number of nitrogens with one attached hydrogen (secondary N) is 2. The first kappa shape index (κ1) is 23.1. The van der Waals surface area contributed by atoms with E-state index in [4.69, 9.17) is 4.98 Å². The molecule has 4 atom stereocenters. The molecular formula is C29H35N7. The maximum Gasteiger partial charge on any atom is 0.129 e. The van der Waals surface area contributed by atoms with E-state index in [2.05, 4.69) is 55.6 Å². The molecule has 7 nitrogen and oxygen atoms in total. The van der Waals surface area contributed by atoms with Gasteiger partial charge in [0.05, 0.1) is 11.6 Å². The van der Waals surface area contributed by atoms with Crippen molar-refractivity contribution in [1.82, 2.24) is 20.5 Å². The van der Waals surface area contributed by atoms with E-state index in [1.807, 2.05) is 30.6 Å². The van der Waals surface area contributed by atoms with Gasteiger partial charge in [0, 0.05) is 74.4 Å². The van der Waals surface area contributed by atoms with E-state index in [0.717, 1.165) is 56.1 Å². The van der Waals surface area contributed by atoms with E-state index in [1.165, 1.54) is 36.9 Å². The highest BCUT2D eigenvalue weighted by atomic mass is 15.3. The minimum absolute atomic E-state index is 0.463. The fourth-order valence-corrected chi connectivity index (χ4v) is 6.59. The molecule has 1 aliphatic carbocycles. The van der Waals surface area contributed by atoms with Crippen LogP contribution in [-0.2, 0) is 6.42 Å². The van der Waals surface area contributed by atoms with Crippen LogP contribution >= 0.6 is 0 Å². The molecule has 36 heavy (non-hydrogen) atoms. The zero-order valence-corrected chi connectivity index (χ0v) is 20.8. The van der Waals surface area contributed by atoms with Gasteiger partial charge in [0.15, 0.2) is 0 Å². The van der Waals surface area contributed by atoms with Crippen LogP contribution in [0.3, 0.4) is 0 Å². The van der Waals surface area contributed by atoms with Gasteiger partial charge < -0.3 is 15.1 Å². The van der Waals surface area contributed by atoms with Gasteiger partial charge in [0.1, 0.15) is 5.82 Å². The summed E-state index contributed by atoms with van der Waals surface area (Å²) < 4.78 is 0. The Bertz CT molecular complexity index is 1180. The van der Waals surface area contributed by atoms with Crippen LogP contribution in [0.1, 0.15) is 48.9 Å². The van der Waals surface area contributed by atoms with E-state index in [1.54, 1.807) is 0 Å². The normalized spacial score (nSPS) is 26.3. The quantitative estimate of drug-likeness (QED) is 0.583. The molecule has 0 amide bonds. The molecule has 186 valence electrons. The summed E-state index contributed by atoms with van der Waals surface area (Å²) >= 11 is 0. The third-order valence-corrected chi connectivity index (χ3v) is 8.50. The lowest BCUT2D eigenvalue weighted by Crippen LogP contribution is -2.60. The highest BCUT2D eigenvalue weighted by molar-refractivity contribution is 5.51. The standard InChI is InChI=1S/C29H35N7/c30-17-21-5-7-26(8-6-21)35-14-11-28-24(19-35)18-32-27-4-2-1-3-23(27)20-36(28)29-16-22(9-12-31-29)15-25-10-13-33-34-25/h5-10,12-13,16,23-24,27-28,32H,1-4,11,14-15,18-20H2,(H,33,34). The van der Waals surface area contributed by atoms with E-state index < -0.39 is 0 Å². The Morgan fingerprint density at radius 3 is 2.69 bits per heavy atom. The Hall–Kier alpha value is -3.37. The maximum absolute atomic E-state index is 9.19. The summed E-state index contributed by atoms with van der Waals surface area (Å²) in [6.45, 7) is 4.16. The van der Waals surface area contributed by atoms with Gasteiger partial charge >= 0.3 is 0 Å². The van der Waals surface area contributed by atoms with Crippen LogP contribution in [0.25, 0.3) is 0 Å². The highest BCUT2D eigenvalue weighted by Gasteiger charge is 2.39. The van der Waals surface area contributed by atoms with E-state index in [9.17, 15) is 5.26 Å². The number of nitriles is 1. The monoisotopic (exact) mass is 481 g/mol. The zero-order chi connectivity index (χ0) is 24.3. The van der Waals surface area contributed by atoms with Crippen LogP contribution < -0.4 is 15.1 Å². The fourth-order valence-electron chi connectivity index (χ4n) is 6.59. The number of fused-ring (bicyclic) bond motifs is 2. The largest absolute Gasteiger partial charge is 0.371 e. The number of benzene rings is 1. The number of nitrogens with zero attached hydrogens (tertiary/aromatic N) is 5. The summed E-state index contributed by atoms with van der Waals surface area (Å²) in [7, 11) is 0. The Morgan fingerprint density at radius 2 is 1.86 bits per heavy atom. The van der Waals surface area contributed by atoms with Crippen LogP contribution in [-0.4, -0.2) is 53.4 Å². The number of pyridine rings is 1. The first-order valence-electron chi connectivity index (χ1n) is 13.4.